The van der Waals surface area contributed by atoms with Crippen molar-refractivity contribution in [2.24, 2.45) is 0 Å². The Morgan fingerprint density at radius 2 is 2.31 bits per heavy atom. The minimum Gasteiger partial charge on any atom is -0.465 e. The number of pyridine rings is 1. The van der Waals surface area contributed by atoms with Gasteiger partial charge in [-0.15, -0.1) is 0 Å². The van der Waals surface area contributed by atoms with Crippen molar-refractivity contribution in [2.75, 3.05) is 19.5 Å². The Hall–Kier alpha value is -1.65. The summed E-state index contributed by atoms with van der Waals surface area (Å²) in [5.74, 6) is -1.01. The molecule has 0 bridgehead atoms. The second-order valence-electron chi connectivity index (χ2n) is 2.27. The number of nitrogens with one attached hydrogen (secondary N) is 1. The number of nitrogens with zero attached hydrogens (tertiary/aromatic N) is 1. The van der Waals surface area contributed by atoms with Crippen LogP contribution in [-0.2, 0) is 4.74 Å². The lowest BCUT2D eigenvalue weighted by atomic mass is 10.2. The lowest BCUT2D eigenvalue weighted by molar-refractivity contribution is 0.0601. The number of esters is 1. The molecule has 1 N–H and O–H groups in total. The van der Waals surface area contributed by atoms with E-state index in [-0.39, 0.29) is 11.4 Å². The van der Waals surface area contributed by atoms with Crippen molar-refractivity contribution < 1.29 is 13.9 Å². The summed E-state index contributed by atoms with van der Waals surface area (Å²) in [6.45, 7) is 0. The molecule has 0 atom stereocenters. The SMILES string of the molecule is CNc1nc(F)ccc1C(=O)OC. The number of methoxy groups -OCH3 is 1. The summed E-state index contributed by atoms with van der Waals surface area (Å²) in [6.07, 6.45) is 0. The minimum absolute atomic E-state index is 0.173. The molecule has 0 amide bonds. The summed E-state index contributed by atoms with van der Waals surface area (Å²) in [4.78, 5) is 14.6. The summed E-state index contributed by atoms with van der Waals surface area (Å²) in [6, 6.07) is 2.42. The van der Waals surface area contributed by atoms with Crippen molar-refractivity contribution >= 4 is 11.8 Å². The van der Waals surface area contributed by atoms with Crippen LogP contribution in [0.1, 0.15) is 10.4 Å². The standard InChI is InChI=1S/C8H9FN2O2/c1-10-7-5(8(12)13-2)3-4-6(9)11-7/h3-4H,1-2H3,(H,10,11). The first-order valence-electron chi connectivity index (χ1n) is 3.61. The van der Waals surface area contributed by atoms with Crippen molar-refractivity contribution in [1.82, 2.24) is 4.98 Å². The van der Waals surface area contributed by atoms with Gasteiger partial charge in [0.1, 0.15) is 11.4 Å². The van der Waals surface area contributed by atoms with Crippen molar-refractivity contribution in [3.05, 3.63) is 23.6 Å². The fourth-order valence-corrected chi connectivity index (χ4v) is 0.901. The van der Waals surface area contributed by atoms with E-state index < -0.39 is 11.9 Å². The third-order valence-electron chi connectivity index (χ3n) is 1.50. The van der Waals surface area contributed by atoms with E-state index in [0.29, 0.717) is 0 Å². The van der Waals surface area contributed by atoms with Gasteiger partial charge in [-0.25, -0.2) is 9.78 Å². The molecule has 13 heavy (non-hydrogen) atoms. The zero-order chi connectivity index (χ0) is 9.84. The fraction of sp³-hybridized carbons (Fsp3) is 0.250. The molecule has 0 unspecified atom stereocenters. The Labute approximate surface area is 74.7 Å². The maximum atomic E-state index is 12.6. The van der Waals surface area contributed by atoms with Crippen molar-refractivity contribution in [2.45, 2.75) is 0 Å². The van der Waals surface area contributed by atoms with Crippen LogP contribution in [0.3, 0.4) is 0 Å². The molecule has 4 nitrogen and oxygen atoms in total. The Morgan fingerprint density at radius 3 is 2.85 bits per heavy atom. The average molecular weight is 184 g/mol. The van der Waals surface area contributed by atoms with Gasteiger partial charge in [0, 0.05) is 7.05 Å². The summed E-state index contributed by atoms with van der Waals surface area (Å²) < 4.78 is 17.1. The molecule has 1 rings (SSSR count). The molecule has 0 spiro atoms. The third kappa shape index (κ3) is 1.93. The Balaban J connectivity index is 3.13. The quantitative estimate of drug-likeness (QED) is 0.551. The Morgan fingerprint density at radius 1 is 1.62 bits per heavy atom. The number of carbonyl (C=O) groups is 1. The van der Waals surface area contributed by atoms with Gasteiger partial charge in [0.15, 0.2) is 0 Å². The average Bonchev–Trinajstić information content (AvgIpc) is 2.16. The van der Waals surface area contributed by atoms with Crippen LogP contribution in [0.15, 0.2) is 12.1 Å². The molecular weight excluding hydrogens is 175 g/mol. The number of ether oxygens (including phenoxy) is 1. The first-order valence-corrected chi connectivity index (χ1v) is 3.61. The van der Waals surface area contributed by atoms with Crippen LogP contribution in [0.25, 0.3) is 0 Å². The predicted octanol–water partition coefficient (Wildman–Crippen LogP) is 1.05. The monoisotopic (exact) mass is 184 g/mol. The van der Waals surface area contributed by atoms with Crippen LogP contribution < -0.4 is 5.32 Å². The molecule has 70 valence electrons. The normalized spacial score (nSPS) is 9.46. The van der Waals surface area contributed by atoms with E-state index in [4.69, 9.17) is 0 Å². The molecule has 1 heterocycles. The second-order valence-corrected chi connectivity index (χ2v) is 2.27. The van der Waals surface area contributed by atoms with E-state index in [9.17, 15) is 9.18 Å². The van der Waals surface area contributed by atoms with Crippen molar-refractivity contribution in [3.63, 3.8) is 0 Å². The minimum atomic E-state index is -0.642. The zero-order valence-corrected chi connectivity index (χ0v) is 7.30. The molecule has 1 aromatic rings. The maximum absolute atomic E-state index is 12.6. The van der Waals surface area contributed by atoms with Crippen molar-refractivity contribution in [3.8, 4) is 0 Å². The van der Waals surface area contributed by atoms with Gasteiger partial charge in [-0.1, -0.05) is 0 Å². The molecular formula is C8H9FN2O2. The summed E-state index contributed by atoms with van der Waals surface area (Å²) in [5.41, 5.74) is 0.214. The number of carbonyl (C=O) groups excluding carboxylic acids is 1. The van der Waals surface area contributed by atoms with Gasteiger partial charge >= 0.3 is 5.97 Å². The van der Waals surface area contributed by atoms with Gasteiger partial charge in [0.2, 0.25) is 5.95 Å². The molecule has 0 radical (unpaired) electrons. The van der Waals surface area contributed by atoms with E-state index in [1.807, 2.05) is 0 Å². The summed E-state index contributed by atoms with van der Waals surface area (Å²) in [7, 11) is 2.80. The molecule has 0 aromatic carbocycles. The van der Waals surface area contributed by atoms with Gasteiger partial charge in [-0.05, 0) is 12.1 Å². The lowest BCUT2D eigenvalue weighted by Gasteiger charge is -2.05. The van der Waals surface area contributed by atoms with Gasteiger partial charge in [-0.3, -0.25) is 0 Å². The van der Waals surface area contributed by atoms with Crippen LogP contribution in [0.4, 0.5) is 10.2 Å². The van der Waals surface area contributed by atoms with E-state index in [1.165, 1.54) is 13.2 Å². The number of hydrogen-bond donors (Lipinski definition) is 1. The molecule has 0 aliphatic carbocycles. The molecule has 0 saturated heterocycles. The highest BCUT2D eigenvalue weighted by Crippen LogP contribution is 2.13. The highest BCUT2D eigenvalue weighted by Gasteiger charge is 2.12. The highest BCUT2D eigenvalue weighted by atomic mass is 19.1. The van der Waals surface area contributed by atoms with Crippen LogP contribution in [0.2, 0.25) is 0 Å². The highest BCUT2D eigenvalue weighted by molar-refractivity contribution is 5.94. The van der Waals surface area contributed by atoms with Gasteiger partial charge in [0.05, 0.1) is 7.11 Å². The van der Waals surface area contributed by atoms with Gasteiger partial charge < -0.3 is 10.1 Å². The van der Waals surface area contributed by atoms with Crippen LogP contribution in [-0.4, -0.2) is 25.1 Å². The van der Waals surface area contributed by atoms with E-state index >= 15 is 0 Å². The number of hydrogen-bond acceptors (Lipinski definition) is 4. The first-order chi connectivity index (χ1) is 6.19. The molecule has 0 fully saturated rings. The number of rotatable bonds is 2. The summed E-state index contributed by atoms with van der Waals surface area (Å²) >= 11 is 0. The first kappa shape index (κ1) is 9.44. The number of aromatic nitrogens is 1. The molecule has 5 heteroatoms. The van der Waals surface area contributed by atoms with Crippen LogP contribution in [0.5, 0.6) is 0 Å². The largest absolute Gasteiger partial charge is 0.465 e. The van der Waals surface area contributed by atoms with E-state index in [1.54, 1.807) is 7.05 Å². The smallest absolute Gasteiger partial charge is 0.341 e. The predicted molar refractivity (Wildman–Crippen MR) is 45.1 cm³/mol. The topological polar surface area (TPSA) is 51.2 Å². The molecule has 1 aromatic heterocycles. The zero-order valence-electron chi connectivity index (χ0n) is 7.30. The molecule has 0 aliphatic heterocycles. The van der Waals surface area contributed by atoms with E-state index in [2.05, 4.69) is 15.0 Å². The summed E-state index contributed by atoms with van der Waals surface area (Å²) in [5, 5.41) is 2.60. The van der Waals surface area contributed by atoms with Gasteiger partial charge in [-0.2, -0.15) is 4.39 Å². The van der Waals surface area contributed by atoms with Crippen LogP contribution in [0, 0.1) is 5.95 Å². The Kier molecular flexibility index (Phi) is 2.79. The third-order valence-corrected chi connectivity index (χ3v) is 1.50. The number of anilines is 1. The maximum Gasteiger partial charge on any atom is 0.341 e. The van der Waals surface area contributed by atoms with Crippen LogP contribution >= 0.6 is 0 Å². The molecule has 0 saturated carbocycles. The fourth-order valence-electron chi connectivity index (χ4n) is 0.901. The van der Waals surface area contributed by atoms with E-state index in [0.717, 1.165) is 6.07 Å². The number of halogens is 1. The second kappa shape index (κ2) is 3.84. The molecule has 0 aliphatic rings. The van der Waals surface area contributed by atoms with Gasteiger partial charge in [0.25, 0.3) is 0 Å². The van der Waals surface area contributed by atoms with Crippen molar-refractivity contribution in [1.29, 1.82) is 0 Å². The Bertz CT molecular complexity index is 328. The lowest BCUT2D eigenvalue weighted by Crippen LogP contribution is -2.08.